The lowest BCUT2D eigenvalue weighted by Crippen LogP contribution is -2.17. The van der Waals surface area contributed by atoms with Crippen molar-refractivity contribution < 1.29 is 0 Å². The molecule has 0 amide bonds. The standard InChI is InChI=1S/C14H19N/c1-5-12(6-2)15-14-10-8-7-9-13(14)11(3)4/h1,7-12,15H,6H2,2-4H3. The molecule has 0 saturated carbocycles. The first-order chi connectivity index (χ1) is 7.19. The maximum absolute atomic E-state index is 5.44. The quantitative estimate of drug-likeness (QED) is 0.733. The summed E-state index contributed by atoms with van der Waals surface area (Å²) in [6.07, 6.45) is 6.39. The van der Waals surface area contributed by atoms with Gasteiger partial charge < -0.3 is 5.32 Å². The third-order valence-corrected chi connectivity index (χ3v) is 2.52. The van der Waals surface area contributed by atoms with E-state index in [4.69, 9.17) is 6.42 Å². The molecule has 0 radical (unpaired) electrons. The highest BCUT2D eigenvalue weighted by Gasteiger charge is 2.08. The van der Waals surface area contributed by atoms with Gasteiger partial charge in [-0.3, -0.25) is 0 Å². The van der Waals surface area contributed by atoms with Crippen LogP contribution in [0.2, 0.25) is 0 Å². The molecule has 15 heavy (non-hydrogen) atoms. The van der Waals surface area contributed by atoms with Gasteiger partial charge in [0, 0.05) is 5.69 Å². The van der Waals surface area contributed by atoms with Crippen molar-refractivity contribution >= 4 is 5.69 Å². The predicted molar refractivity (Wildman–Crippen MR) is 67.1 cm³/mol. The van der Waals surface area contributed by atoms with Gasteiger partial charge in [-0.2, -0.15) is 0 Å². The Hall–Kier alpha value is -1.42. The van der Waals surface area contributed by atoms with Gasteiger partial charge in [0.2, 0.25) is 0 Å². The Labute approximate surface area is 92.9 Å². The van der Waals surface area contributed by atoms with Gasteiger partial charge in [0.05, 0.1) is 6.04 Å². The SMILES string of the molecule is C#CC(CC)Nc1ccccc1C(C)C. The van der Waals surface area contributed by atoms with Gasteiger partial charge in [0.25, 0.3) is 0 Å². The largest absolute Gasteiger partial charge is 0.371 e. The van der Waals surface area contributed by atoms with E-state index in [1.807, 2.05) is 6.07 Å². The lowest BCUT2D eigenvalue weighted by molar-refractivity contribution is 0.833. The highest BCUT2D eigenvalue weighted by molar-refractivity contribution is 5.54. The van der Waals surface area contributed by atoms with Crippen LogP contribution in [0.15, 0.2) is 24.3 Å². The van der Waals surface area contributed by atoms with Crippen LogP contribution < -0.4 is 5.32 Å². The molecule has 80 valence electrons. The van der Waals surface area contributed by atoms with Crippen molar-refractivity contribution in [2.24, 2.45) is 0 Å². The molecule has 1 heteroatoms. The van der Waals surface area contributed by atoms with Crippen LogP contribution in [0.4, 0.5) is 5.69 Å². The van der Waals surface area contributed by atoms with Crippen LogP contribution in [0.5, 0.6) is 0 Å². The molecular weight excluding hydrogens is 182 g/mol. The Morgan fingerprint density at radius 1 is 1.33 bits per heavy atom. The zero-order chi connectivity index (χ0) is 11.3. The van der Waals surface area contributed by atoms with E-state index in [1.165, 1.54) is 5.56 Å². The fourth-order valence-corrected chi connectivity index (χ4v) is 1.58. The number of rotatable bonds is 4. The van der Waals surface area contributed by atoms with Crippen LogP contribution in [-0.2, 0) is 0 Å². The van der Waals surface area contributed by atoms with E-state index in [0.717, 1.165) is 12.1 Å². The molecule has 0 heterocycles. The summed E-state index contributed by atoms with van der Waals surface area (Å²) < 4.78 is 0. The Morgan fingerprint density at radius 3 is 2.53 bits per heavy atom. The molecule has 0 saturated heterocycles. The third-order valence-electron chi connectivity index (χ3n) is 2.52. The van der Waals surface area contributed by atoms with Gasteiger partial charge in [-0.25, -0.2) is 0 Å². The Morgan fingerprint density at radius 2 is 2.00 bits per heavy atom. The number of nitrogens with one attached hydrogen (secondary N) is 1. The second-order valence-electron chi connectivity index (χ2n) is 4.01. The van der Waals surface area contributed by atoms with E-state index >= 15 is 0 Å². The summed E-state index contributed by atoms with van der Waals surface area (Å²) in [5, 5.41) is 3.39. The van der Waals surface area contributed by atoms with E-state index in [1.54, 1.807) is 0 Å². The summed E-state index contributed by atoms with van der Waals surface area (Å²) in [4.78, 5) is 0. The predicted octanol–water partition coefficient (Wildman–Crippen LogP) is 3.63. The molecule has 0 bridgehead atoms. The number of para-hydroxylation sites is 1. The summed E-state index contributed by atoms with van der Waals surface area (Å²) in [6.45, 7) is 6.48. The van der Waals surface area contributed by atoms with Gasteiger partial charge in [0.1, 0.15) is 0 Å². The molecule has 0 aromatic heterocycles. The topological polar surface area (TPSA) is 12.0 Å². The molecule has 1 aromatic carbocycles. The van der Waals surface area contributed by atoms with Crippen molar-refractivity contribution in [2.75, 3.05) is 5.32 Å². The molecule has 0 aliphatic carbocycles. The number of hydrogen-bond acceptors (Lipinski definition) is 1. The minimum atomic E-state index is 0.130. The molecule has 1 nitrogen and oxygen atoms in total. The van der Waals surface area contributed by atoms with Crippen LogP contribution in [0.25, 0.3) is 0 Å². The summed E-state index contributed by atoms with van der Waals surface area (Å²) in [7, 11) is 0. The number of hydrogen-bond donors (Lipinski definition) is 1. The molecular formula is C14H19N. The maximum atomic E-state index is 5.44. The van der Waals surface area contributed by atoms with E-state index in [-0.39, 0.29) is 6.04 Å². The summed E-state index contributed by atoms with van der Waals surface area (Å²) in [5.41, 5.74) is 2.49. The second-order valence-corrected chi connectivity index (χ2v) is 4.01. The van der Waals surface area contributed by atoms with Crippen LogP contribution in [0, 0.1) is 12.3 Å². The second kappa shape index (κ2) is 5.46. The van der Waals surface area contributed by atoms with E-state index in [2.05, 4.69) is 50.2 Å². The van der Waals surface area contributed by atoms with Crippen LogP contribution >= 0.6 is 0 Å². The van der Waals surface area contributed by atoms with Crippen LogP contribution in [-0.4, -0.2) is 6.04 Å². The zero-order valence-corrected chi connectivity index (χ0v) is 9.75. The minimum absolute atomic E-state index is 0.130. The molecule has 1 atom stereocenters. The monoisotopic (exact) mass is 201 g/mol. The molecule has 1 unspecified atom stereocenters. The lowest BCUT2D eigenvalue weighted by Gasteiger charge is -2.17. The summed E-state index contributed by atoms with van der Waals surface area (Å²) in [5.74, 6) is 3.27. The lowest BCUT2D eigenvalue weighted by atomic mass is 10.0. The molecule has 0 aliphatic rings. The minimum Gasteiger partial charge on any atom is -0.371 e. The van der Waals surface area contributed by atoms with Crippen LogP contribution in [0.3, 0.4) is 0 Å². The average molecular weight is 201 g/mol. The zero-order valence-electron chi connectivity index (χ0n) is 9.75. The van der Waals surface area contributed by atoms with E-state index in [9.17, 15) is 0 Å². The van der Waals surface area contributed by atoms with E-state index < -0.39 is 0 Å². The van der Waals surface area contributed by atoms with Gasteiger partial charge in [0.15, 0.2) is 0 Å². The maximum Gasteiger partial charge on any atom is 0.0871 e. The fraction of sp³-hybridized carbons (Fsp3) is 0.429. The average Bonchev–Trinajstić information content (AvgIpc) is 2.26. The van der Waals surface area contributed by atoms with Crippen LogP contribution in [0.1, 0.15) is 38.7 Å². The highest BCUT2D eigenvalue weighted by atomic mass is 14.9. The summed E-state index contributed by atoms with van der Waals surface area (Å²) in [6, 6.07) is 8.48. The van der Waals surface area contributed by atoms with Crippen molar-refractivity contribution in [3.8, 4) is 12.3 Å². The molecule has 1 N–H and O–H groups in total. The molecule has 0 fully saturated rings. The van der Waals surface area contributed by atoms with Gasteiger partial charge in [-0.05, 0) is 24.0 Å². The Bertz CT molecular complexity index is 347. The van der Waals surface area contributed by atoms with Crippen molar-refractivity contribution in [3.05, 3.63) is 29.8 Å². The number of anilines is 1. The first-order valence-corrected chi connectivity index (χ1v) is 5.50. The van der Waals surface area contributed by atoms with Gasteiger partial charge in [-0.1, -0.05) is 44.9 Å². The smallest absolute Gasteiger partial charge is 0.0871 e. The normalized spacial score (nSPS) is 12.2. The fourth-order valence-electron chi connectivity index (χ4n) is 1.58. The molecule has 0 aliphatic heterocycles. The third kappa shape index (κ3) is 3.02. The van der Waals surface area contributed by atoms with Gasteiger partial charge >= 0.3 is 0 Å². The Balaban J connectivity index is 2.89. The van der Waals surface area contributed by atoms with Crippen molar-refractivity contribution in [3.63, 3.8) is 0 Å². The Kier molecular flexibility index (Phi) is 4.24. The first-order valence-electron chi connectivity index (χ1n) is 5.50. The van der Waals surface area contributed by atoms with E-state index in [0.29, 0.717) is 5.92 Å². The summed E-state index contributed by atoms with van der Waals surface area (Å²) >= 11 is 0. The number of terminal acetylenes is 1. The number of benzene rings is 1. The van der Waals surface area contributed by atoms with Gasteiger partial charge in [-0.15, -0.1) is 6.42 Å². The van der Waals surface area contributed by atoms with Crippen molar-refractivity contribution in [1.82, 2.24) is 0 Å². The highest BCUT2D eigenvalue weighted by Crippen LogP contribution is 2.24. The molecule has 0 spiro atoms. The molecule has 1 aromatic rings. The van der Waals surface area contributed by atoms with Crippen molar-refractivity contribution in [1.29, 1.82) is 0 Å². The van der Waals surface area contributed by atoms with Crippen molar-refractivity contribution in [2.45, 2.75) is 39.2 Å². The first kappa shape index (κ1) is 11.7. The molecule has 1 rings (SSSR count).